The second-order valence-corrected chi connectivity index (χ2v) is 5.62. The standard InChI is InChI=1S/C15H13N3O3S/c1-16-12-9-14(22-2)13(18(20)21)8-11(12)15(19)17(16)10-6-4-3-5-7-10/h3-9H,1-2H3. The van der Waals surface area contributed by atoms with Crippen LogP contribution in [-0.4, -0.2) is 20.5 Å². The molecular formula is C15H13N3O3S. The molecule has 0 amide bonds. The van der Waals surface area contributed by atoms with Crippen LogP contribution in [0.5, 0.6) is 0 Å². The normalized spacial score (nSPS) is 11.0. The summed E-state index contributed by atoms with van der Waals surface area (Å²) >= 11 is 1.29. The summed E-state index contributed by atoms with van der Waals surface area (Å²) in [5.41, 5.74) is 1.09. The van der Waals surface area contributed by atoms with Crippen molar-refractivity contribution in [1.29, 1.82) is 0 Å². The van der Waals surface area contributed by atoms with Crippen LogP contribution in [0.4, 0.5) is 5.69 Å². The van der Waals surface area contributed by atoms with E-state index in [1.165, 1.54) is 22.5 Å². The van der Waals surface area contributed by atoms with E-state index in [-0.39, 0.29) is 11.2 Å². The van der Waals surface area contributed by atoms with E-state index in [1.54, 1.807) is 24.1 Å². The minimum absolute atomic E-state index is 0.0390. The molecule has 0 fully saturated rings. The number of nitro groups is 1. The molecule has 6 nitrogen and oxygen atoms in total. The molecule has 0 N–H and O–H groups in total. The summed E-state index contributed by atoms with van der Waals surface area (Å²) in [6.07, 6.45) is 1.78. The van der Waals surface area contributed by atoms with Crippen molar-refractivity contribution in [2.75, 3.05) is 6.26 Å². The highest BCUT2D eigenvalue weighted by atomic mass is 32.2. The van der Waals surface area contributed by atoms with Crippen molar-refractivity contribution in [3.8, 4) is 5.69 Å². The van der Waals surface area contributed by atoms with Crippen LogP contribution < -0.4 is 5.56 Å². The van der Waals surface area contributed by atoms with Crippen molar-refractivity contribution < 1.29 is 4.92 Å². The summed E-state index contributed by atoms with van der Waals surface area (Å²) in [6, 6.07) is 12.3. The van der Waals surface area contributed by atoms with Crippen molar-refractivity contribution in [3.05, 3.63) is 62.9 Å². The monoisotopic (exact) mass is 315 g/mol. The maximum atomic E-state index is 12.6. The summed E-state index contributed by atoms with van der Waals surface area (Å²) in [7, 11) is 1.77. The van der Waals surface area contributed by atoms with Gasteiger partial charge in [-0.2, -0.15) is 0 Å². The van der Waals surface area contributed by atoms with Crippen LogP contribution >= 0.6 is 11.8 Å². The number of benzene rings is 2. The number of para-hydroxylation sites is 1. The average molecular weight is 315 g/mol. The largest absolute Gasteiger partial charge is 0.283 e. The first kappa shape index (κ1) is 14.4. The van der Waals surface area contributed by atoms with Gasteiger partial charge in [-0.25, -0.2) is 4.68 Å². The predicted molar refractivity (Wildman–Crippen MR) is 87.0 cm³/mol. The number of fused-ring (bicyclic) bond motifs is 1. The SMILES string of the molecule is CSc1cc2c(cc1[N+](=O)[O-])c(=O)n(-c1ccccc1)n2C. The van der Waals surface area contributed by atoms with Gasteiger partial charge in [0.05, 0.1) is 26.4 Å². The van der Waals surface area contributed by atoms with E-state index in [1.807, 2.05) is 30.3 Å². The molecule has 0 spiro atoms. The van der Waals surface area contributed by atoms with Gasteiger partial charge in [0.25, 0.3) is 11.2 Å². The Hall–Kier alpha value is -2.54. The van der Waals surface area contributed by atoms with E-state index in [0.717, 1.165) is 5.69 Å². The van der Waals surface area contributed by atoms with Gasteiger partial charge in [-0.15, -0.1) is 11.8 Å². The van der Waals surface area contributed by atoms with E-state index in [4.69, 9.17) is 0 Å². The molecule has 3 aromatic rings. The van der Waals surface area contributed by atoms with Crippen LogP contribution in [-0.2, 0) is 7.05 Å². The third-order valence-corrected chi connectivity index (χ3v) is 4.33. The van der Waals surface area contributed by atoms with Gasteiger partial charge in [-0.05, 0) is 24.5 Å². The topological polar surface area (TPSA) is 70.1 Å². The first-order valence-electron chi connectivity index (χ1n) is 6.54. The Morgan fingerprint density at radius 2 is 1.86 bits per heavy atom. The number of rotatable bonds is 3. The molecule has 0 aliphatic heterocycles. The zero-order valence-electron chi connectivity index (χ0n) is 12.0. The average Bonchev–Trinajstić information content (AvgIpc) is 2.77. The Morgan fingerprint density at radius 3 is 2.45 bits per heavy atom. The van der Waals surface area contributed by atoms with Gasteiger partial charge >= 0.3 is 0 Å². The number of nitrogens with zero attached hydrogens (tertiary/aromatic N) is 3. The minimum Gasteiger partial charge on any atom is -0.280 e. The Balaban J connectivity index is 2.39. The molecule has 22 heavy (non-hydrogen) atoms. The molecule has 3 rings (SSSR count). The van der Waals surface area contributed by atoms with Gasteiger partial charge in [0, 0.05) is 13.1 Å². The number of aryl methyl sites for hydroxylation is 1. The third kappa shape index (κ3) is 2.10. The first-order chi connectivity index (χ1) is 10.5. The second-order valence-electron chi connectivity index (χ2n) is 4.77. The van der Waals surface area contributed by atoms with Gasteiger partial charge in [0.1, 0.15) is 0 Å². The summed E-state index contributed by atoms with van der Waals surface area (Å²) in [5.74, 6) is 0. The zero-order chi connectivity index (χ0) is 15.9. The van der Waals surface area contributed by atoms with Gasteiger partial charge in [-0.1, -0.05) is 18.2 Å². The Kier molecular flexibility index (Phi) is 3.50. The van der Waals surface area contributed by atoms with Gasteiger partial charge in [0.2, 0.25) is 0 Å². The first-order valence-corrected chi connectivity index (χ1v) is 7.76. The summed E-state index contributed by atoms with van der Waals surface area (Å²) in [5, 5.41) is 11.5. The van der Waals surface area contributed by atoms with Gasteiger partial charge in [-0.3, -0.25) is 19.6 Å². The lowest BCUT2D eigenvalue weighted by Crippen LogP contribution is -2.19. The van der Waals surface area contributed by atoms with Crippen molar-refractivity contribution in [2.45, 2.75) is 4.90 Å². The van der Waals surface area contributed by atoms with Crippen molar-refractivity contribution in [1.82, 2.24) is 9.36 Å². The van der Waals surface area contributed by atoms with Crippen LogP contribution in [0.3, 0.4) is 0 Å². The molecule has 2 aromatic carbocycles. The maximum absolute atomic E-state index is 12.6. The van der Waals surface area contributed by atoms with Crippen LogP contribution in [0.15, 0.2) is 52.2 Å². The van der Waals surface area contributed by atoms with Crippen molar-refractivity contribution in [3.63, 3.8) is 0 Å². The molecule has 112 valence electrons. The van der Waals surface area contributed by atoms with E-state index in [2.05, 4.69) is 0 Å². The quantitative estimate of drug-likeness (QED) is 0.423. The Labute approximate surface area is 130 Å². The molecule has 0 aliphatic rings. The second kappa shape index (κ2) is 5.34. The van der Waals surface area contributed by atoms with E-state index in [9.17, 15) is 14.9 Å². The Morgan fingerprint density at radius 1 is 1.18 bits per heavy atom. The van der Waals surface area contributed by atoms with E-state index >= 15 is 0 Å². The molecular weight excluding hydrogens is 302 g/mol. The van der Waals surface area contributed by atoms with Crippen LogP contribution in [0.1, 0.15) is 0 Å². The summed E-state index contributed by atoms with van der Waals surface area (Å²) in [6.45, 7) is 0. The molecule has 0 saturated carbocycles. The molecule has 0 saturated heterocycles. The van der Waals surface area contributed by atoms with Crippen molar-refractivity contribution in [2.24, 2.45) is 7.05 Å². The minimum atomic E-state index is -0.454. The van der Waals surface area contributed by atoms with E-state index < -0.39 is 4.92 Å². The Bertz CT molecular complexity index is 929. The van der Waals surface area contributed by atoms with Crippen LogP contribution in [0.2, 0.25) is 0 Å². The fourth-order valence-corrected chi connectivity index (χ4v) is 3.09. The van der Waals surface area contributed by atoms with Crippen LogP contribution in [0, 0.1) is 10.1 Å². The molecule has 0 radical (unpaired) electrons. The van der Waals surface area contributed by atoms with Crippen molar-refractivity contribution >= 4 is 28.4 Å². The molecule has 0 atom stereocenters. The molecule has 1 heterocycles. The number of hydrogen-bond acceptors (Lipinski definition) is 4. The molecule has 0 bridgehead atoms. The van der Waals surface area contributed by atoms with Crippen LogP contribution in [0.25, 0.3) is 16.6 Å². The number of hydrogen-bond donors (Lipinski definition) is 0. The number of thioether (sulfide) groups is 1. The maximum Gasteiger partial charge on any atom is 0.283 e. The zero-order valence-corrected chi connectivity index (χ0v) is 12.8. The highest BCUT2D eigenvalue weighted by molar-refractivity contribution is 7.98. The molecule has 1 aromatic heterocycles. The third-order valence-electron chi connectivity index (χ3n) is 3.57. The molecule has 7 heteroatoms. The summed E-state index contributed by atoms with van der Waals surface area (Å²) < 4.78 is 3.23. The van der Waals surface area contributed by atoms with E-state index in [0.29, 0.717) is 15.8 Å². The molecule has 0 unspecified atom stereocenters. The smallest absolute Gasteiger partial charge is 0.280 e. The highest BCUT2D eigenvalue weighted by Gasteiger charge is 2.20. The van der Waals surface area contributed by atoms with Gasteiger partial charge < -0.3 is 0 Å². The fraction of sp³-hybridized carbons (Fsp3) is 0.133. The lowest BCUT2D eigenvalue weighted by molar-refractivity contribution is -0.387. The summed E-state index contributed by atoms with van der Waals surface area (Å²) in [4.78, 5) is 23.9. The lowest BCUT2D eigenvalue weighted by Gasteiger charge is -2.07. The fourth-order valence-electron chi connectivity index (χ4n) is 2.52. The lowest BCUT2D eigenvalue weighted by atomic mass is 10.2. The predicted octanol–water partition coefficient (Wildman–Crippen LogP) is 2.96. The van der Waals surface area contributed by atoms with Gasteiger partial charge in [0.15, 0.2) is 0 Å². The number of nitro benzene ring substituents is 1. The number of aromatic nitrogens is 2. The highest BCUT2D eigenvalue weighted by Crippen LogP contribution is 2.31. The molecule has 0 aliphatic carbocycles.